The van der Waals surface area contributed by atoms with Gasteiger partial charge in [-0.2, -0.15) is 0 Å². The van der Waals surface area contributed by atoms with Gasteiger partial charge in [0, 0.05) is 11.4 Å². The van der Waals surface area contributed by atoms with Crippen molar-refractivity contribution in [2.24, 2.45) is 5.73 Å². The van der Waals surface area contributed by atoms with E-state index in [1.54, 1.807) is 0 Å². The molecule has 0 saturated carbocycles. The van der Waals surface area contributed by atoms with Crippen molar-refractivity contribution in [3.8, 4) is 5.06 Å². The van der Waals surface area contributed by atoms with E-state index in [9.17, 15) is 9.36 Å². The molecule has 1 aromatic rings. The second kappa shape index (κ2) is 4.42. The SMILES string of the molecule is C[C@H](N)C(=O)Oc1cc(P(=O)(O)O)cs1. The third-order valence-corrected chi connectivity index (χ3v) is 3.38. The first-order valence-electron chi connectivity index (χ1n) is 3.92. The molecule has 0 aliphatic heterocycles. The number of rotatable bonds is 3. The van der Waals surface area contributed by atoms with Crippen LogP contribution in [0.2, 0.25) is 0 Å². The molecule has 0 bridgehead atoms. The van der Waals surface area contributed by atoms with Crippen LogP contribution in [0, 0.1) is 0 Å². The zero-order valence-corrected chi connectivity index (χ0v) is 9.49. The summed E-state index contributed by atoms with van der Waals surface area (Å²) in [6.45, 7) is 1.46. The van der Waals surface area contributed by atoms with Crippen LogP contribution in [0.25, 0.3) is 0 Å². The van der Waals surface area contributed by atoms with Gasteiger partial charge in [0.2, 0.25) is 0 Å². The highest BCUT2D eigenvalue weighted by atomic mass is 32.1. The Morgan fingerprint density at radius 1 is 1.67 bits per heavy atom. The summed E-state index contributed by atoms with van der Waals surface area (Å²) in [5.41, 5.74) is 5.25. The van der Waals surface area contributed by atoms with Gasteiger partial charge >= 0.3 is 13.6 Å². The predicted molar refractivity (Wildman–Crippen MR) is 55.3 cm³/mol. The molecule has 1 rings (SSSR count). The van der Waals surface area contributed by atoms with E-state index in [4.69, 9.17) is 20.3 Å². The molecule has 0 fully saturated rings. The first-order chi connectivity index (χ1) is 6.80. The maximum atomic E-state index is 11.0. The second-order valence-corrected chi connectivity index (χ2v) is 5.36. The van der Waals surface area contributed by atoms with Crippen molar-refractivity contribution < 1.29 is 23.9 Å². The number of hydrogen-bond acceptors (Lipinski definition) is 5. The van der Waals surface area contributed by atoms with Gasteiger partial charge in [0.1, 0.15) is 6.04 Å². The van der Waals surface area contributed by atoms with Gasteiger partial charge in [0.05, 0.1) is 5.30 Å². The van der Waals surface area contributed by atoms with Gasteiger partial charge in [-0.1, -0.05) is 0 Å². The lowest BCUT2D eigenvalue weighted by molar-refractivity contribution is -0.135. The minimum Gasteiger partial charge on any atom is -0.414 e. The maximum Gasteiger partial charge on any atom is 0.357 e. The average molecular weight is 251 g/mol. The zero-order valence-electron chi connectivity index (χ0n) is 7.78. The maximum absolute atomic E-state index is 11.0. The Labute approximate surface area is 89.8 Å². The minimum atomic E-state index is -4.28. The molecule has 0 aromatic carbocycles. The Hall–Kier alpha value is -0.720. The van der Waals surface area contributed by atoms with E-state index < -0.39 is 19.6 Å². The first-order valence-corrected chi connectivity index (χ1v) is 6.42. The van der Waals surface area contributed by atoms with Crippen LogP contribution in [-0.4, -0.2) is 21.8 Å². The highest BCUT2D eigenvalue weighted by Crippen LogP contribution is 2.36. The molecule has 1 atom stereocenters. The van der Waals surface area contributed by atoms with E-state index >= 15 is 0 Å². The fraction of sp³-hybridized carbons (Fsp3) is 0.286. The van der Waals surface area contributed by atoms with Gasteiger partial charge in [-0.15, -0.1) is 11.3 Å². The third-order valence-electron chi connectivity index (χ3n) is 1.47. The largest absolute Gasteiger partial charge is 0.414 e. The van der Waals surface area contributed by atoms with Crippen molar-refractivity contribution in [3.05, 3.63) is 11.4 Å². The average Bonchev–Trinajstić information content (AvgIpc) is 2.51. The summed E-state index contributed by atoms with van der Waals surface area (Å²) in [4.78, 5) is 28.6. The van der Waals surface area contributed by atoms with Gasteiger partial charge in [-0.3, -0.25) is 4.57 Å². The molecule has 8 heteroatoms. The minimum absolute atomic E-state index is 0.121. The summed E-state index contributed by atoms with van der Waals surface area (Å²) in [7, 11) is -4.28. The smallest absolute Gasteiger partial charge is 0.357 e. The van der Waals surface area contributed by atoms with Crippen LogP contribution in [-0.2, 0) is 9.36 Å². The monoisotopic (exact) mass is 251 g/mol. The Kier molecular flexibility index (Phi) is 3.64. The van der Waals surface area contributed by atoms with Crippen LogP contribution in [0.15, 0.2) is 11.4 Å². The quantitative estimate of drug-likeness (QED) is 0.507. The van der Waals surface area contributed by atoms with Crippen molar-refractivity contribution >= 4 is 30.2 Å². The highest BCUT2D eigenvalue weighted by Gasteiger charge is 2.20. The Bertz CT molecular complexity index is 409. The summed E-state index contributed by atoms with van der Waals surface area (Å²) >= 11 is 0.931. The Balaban J connectivity index is 2.78. The predicted octanol–water partition coefficient (Wildman–Crippen LogP) is -0.196. The number of thiophene rings is 1. The molecule has 15 heavy (non-hydrogen) atoms. The number of esters is 1. The van der Waals surface area contributed by atoms with Gasteiger partial charge in [-0.25, -0.2) is 4.79 Å². The van der Waals surface area contributed by atoms with Crippen molar-refractivity contribution in [2.45, 2.75) is 13.0 Å². The number of hydrogen-bond donors (Lipinski definition) is 3. The highest BCUT2D eigenvalue weighted by molar-refractivity contribution is 7.60. The lowest BCUT2D eigenvalue weighted by Crippen LogP contribution is -2.30. The molecule has 0 saturated heterocycles. The van der Waals surface area contributed by atoms with E-state index in [1.807, 2.05) is 0 Å². The number of carbonyl (C=O) groups is 1. The van der Waals surface area contributed by atoms with Gasteiger partial charge in [0.15, 0.2) is 5.06 Å². The van der Waals surface area contributed by atoms with Crippen molar-refractivity contribution in [2.75, 3.05) is 0 Å². The Morgan fingerprint density at radius 2 is 2.27 bits per heavy atom. The van der Waals surface area contributed by atoms with Gasteiger partial charge in [0.25, 0.3) is 0 Å². The molecular formula is C7H10NO5PS. The molecule has 0 aliphatic rings. The molecule has 1 aromatic heterocycles. The Morgan fingerprint density at radius 3 is 2.67 bits per heavy atom. The lowest BCUT2D eigenvalue weighted by atomic mass is 10.4. The van der Waals surface area contributed by atoms with E-state index in [-0.39, 0.29) is 10.4 Å². The molecule has 0 spiro atoms. The van der Waals surface area contributed by atoms with Crippen LogP contribution in [0.4, 0.5) is 0 Å². The van der Waals surface area contributed by atoms with E-state index in [0.29, 0.717) is 0 Å². The molecule has 0 radical (unpaired) electrons. The molecule has 4 N–H and O–H groups in total. The molecule has 0 aliphatic carbocycles. The summed E-state index contributed by atoms with van der Waals surface area (Å²) in [6.07, 6.45) is 0. The number of nitrogens with two attached hydrogens (primary N) is 1. The van der Waals surface area contributed by atoms with Gasteiger partial charge in [-0.05, 0) is 6.92 Å². The van der Waals surface area contributed by atoms with E-state index in [0.717, 1.165) is 17.4 Å². The van der Waals surface area contributed by atoms with Crippen LogP contribution in [0.3, 0.4) is 0 Å². The molecule has 84 valence electrons. The van der Waals surface area contributed by atoms with E-state index in [2.05, 4.69) is 0 Å². The lowest BCUT2D eigenvalue weighted by Gasteiger charge is -2.03. The second-order valence-electron chi connectivity index (χ2n) is 2.88. The first kappa shape index (κ1) is 12.4. The standard InChI is InChI=1S/C7H10NO5PS/c1-4(8)7(9)13-6-2-5(3-15-6)14(10,11)12/h2-4H,8H2,1H3,(H2,10,11,12)/t4-/m0/s1. The summed E-state index contributed by atoms with van der Waals surface area (Å²) in [5, 5.41) is 1.19. The third kappa shape index (κ3) is 3.40. The normalized spacial score (nSPS) is 13.6. The van der Waals surface area contributed by atoms with Crippen LogP contribution in [0.1, 0.15) is 6.92 Å². The van der Waals surface area contributed by atoms with Crippen molar-refractivity contribution in [3.63, 3.8) is 0 Å². The number of carbonyl (C=O) groups excluding carboxylic acids is 1. The van der Waals surface area contributed by atoms with Gasteiger partial charge < -0.3 is 20.3 Å². The van der Waals surface area contributed by atoms with Crippen LogP contribution in [0.5, 0.6) is 5.06 Å². The fourth-order valence-electron chi connectivity index (χ4n) is 0.706. The summed E-state index contributed by atoms with van der Waals surface area (Å²) in [5.74, 6) is -0.644. The van der Waals surface area contributed by atoms with Crippen LogP contribution < -0.4 is 15.8 Å². The van der Waals surface area contributed by atoms with Crippen molar-refractivity contribution in [1.29, 1.82) is 0 Å². The zero-order chi connectivity index (χ0) is 11.6. The van der Waals surface area contributed by atoms with Crippen molar-refractivity contribution in [1.82, 2.24) is 0 Å². The number of ether oxygens (including phenoxy) is 1. The molecule has 1 heterocycles. The summed E-state index contributed by atoms with van der Waals surface area (Å²) < 4.78 is 15.6. The molecular weight excluding hydrogens is 241 g/mol. The topological polar surface area (TPSA) is 110 Å². The molecule has 0 amide bonds. The molecule has 0 unspecified atom stereocenters. The fourth-order valence-corrected chi connectivity index (χ4v) is 2.42. The molecule has 6 nitrogen and oxygen atoms in total. The summed E-state index contributed by atoms with van der Waals surface area (Å²) in [6, 6.07) is 0.358. The van der Waals surface area contributed by atoms with Crippen LogP contribution >= 0.6 is 18.9 Å². The van der Waals surface area contributed by atoms with E-state index in [1.165, 1.54) is 12.3 Å².